The smallest absolute Gasteiger partial charge is 0.323 e. The van der Waals surface area contributed by atoms with Crippen LogP contribution in [0.5, 0.6) is 0 Å². The lowest BCUT2D eigenvalue weighted by Crippen LogP contribution is -2.50. The van der Waals surface area contributed by atoms with Gasteiger partial charge in [0, 0.05) is 17.2 Å². The van der Waals surface area contributed by atoms with Crippen molar-refractivity contribution in [2.45, 2.75) is 38.8 Å². The van der Waals surface area contributed by atoms with Gasteiger partial charge in [0.25, 0.3) is 0 Å². The molecule has 1 heterocycles. The Balaban J connectivity index is 2.70. The summed E-state index contributed by atoms with van der Waals surface area (Å²) in [5.74, 6) is -0.806. The van der Waals surface area contributed by atoms with Crippen molar-refractivity contribution in [2.24, 2.45) is 0 Å². The largest absolute Gasteiger partial charge is 0.480 e. The minimum atomic E-state index is -0.852. The summed E-state index contributed by atoms with van der Waals surface area (Å²) in [6, 6.07) is 3.76. The lowest BCUT2D eigenvalue weighted by Gasteiger charge is -2.28. The molecule has 0 spiro atoms. The third-order valence-electron chi connectivity index (χ3n) is 3.01. The average molecular weight is 301 g/mol. The van der Waals surface area contributed by atoms with Crippen molar-refractivity contribution in [2.75, 3.05) is 0 Å². The zero-order valence-corrected chi connectivity index (χ0v) is 11.6. The van der Waals surface area contributed by atoms with E-state index in [-0.39, 0.29) is 0 Å². The van der Waals surface area contributed by atoms with Gasteiger partial charge in [-0.2, -0.15) is 0 Å². The van der Waals surface area contributed by atoms with Crippen LogP contribution in [0.15, 0.2) is 22.8 Å². The maximum absolute atomic E-state index is 11.3. The molecule has 17 heavy (non-hydrogen) atoms. The minimum Gasteiger partial charge on any atom is -0.480 e. The summed E-state index contributed by atoms with van der Waals surface area (Å²) in [5.41, 5.74) is -0.0184. The predicted octanol–water partition coefficient (Wildman–Crippen LogP) is 2.58. The molecule has 0 saturated carbocycles. The zero-order valence-electron chi connectivity index (χ0n) is 10.0. The molecule has 1 aromatic heterocycles. The molecule has 0 amide bonds. The number of aromatic nitrogens is 1. The van der Waals surface area contributed by atoms with Gasteiger partial charge in [-0.15, -0.1) is 0 Å². The SMILES string of the molecule is CCC(CC)(NCc1ccc(Br)cn1)C(=O)O. The molecular weight excluding hydrogens is 284 g/mol. The predicted molar refractivity (Wildman–Crippen MR) is 69.7 cm³/mol. The fourth-order valence-electron chi connectivity index (χ4n) is 1.65. The highest BCUT2D eigenvalue weighted by Crippen LogP contribution is 2.16. The summed E-state index contributed by atoms with van der Waals surface area (Å²) in [6.07, 6.45) is 2.81. The van der Waals surface area contributed by atoms with E-state index in [2.05, 4.69) is 26.2 Å². The Bertz CT molecular complexity index is 375. The van der Waals surface area contributed by atoms with E-state index in [9.17, 15) is 9.90 Å². The number of halogens is 1. The van der Waals surface area contributed by atoms with E-state index in [1.807, 2.05) is 26.0 Å². The van der Waals surface area contributed by atoms with Crippen molar-refractivity contribution in [1.82, 2.24) is 10.3 Å². The molecule has 0 bridgehead atoms. The summed E-state index contributed by atoms with van der Waals surface area (Å²) in [7, 11) is 0. The average Bonchev–Trinajstić information content (AvgIpc) is 2.33. The zero-order chi connectivity index (χ0) is 12.9. The number of hydrogen-bond acceptors (Lipinski definition) is 3. The maximum Gasteiger partial charge on any atom is 0.323 e. The van der Waals surface area contributed by atoms with Crippen LogP contribution in [-0.2, 0) is 11.3 Å². The lowest BCUT2D eigenvalue weighted by atomic mass is 9.93. The first-order chi connectivity index (χ1) is 8.04. The molecule has 0 unspecified atom stereocenters. The molecule has 4 nitrogen and oxygen atoms in total. The third-order valence-corrected chi connectivity index (χ3v) is 3.48. The summed E-state index contributed by atoms with van der Waals surface area (Å²) in [4.78, 5) is 15.5. The lowest BCUT2D eigenvalue weighted by molar-refractivity contribution is -0.145. The number of pyridine rings is 1. The van der Waals surface area contributed by atoms with Crippen LogP contribution >= 0.6 is 15.9 Å². The Labute approximate surface area is 110 Å². The van der Waals surface area contributed by atoms with E-state index in [1.54, 1.807) is 6.20 Å². The number of hydrogen-bond donors (Lipinski definition) is 2. The first kappa shape index (κ1) is 14.1. The van der Waals surface area contributed by atoms with E-state index in [1.165, 1.54) is 0 Å². The Morgan fingerprint density at radius 3 is 2.53 bits per heavy atom. The molecule has 0 saturated heterocycles. The van der Waals surface area contributed by atoms with Crippen LogP contribution < -0.4 is 5.32 Å². The van der Waals surface area contributed by atoms with E-state index >= 15 is 0 Å². The van der Waals surface area contributed by atoms with Gasteiger partial charge in [0.1, 0.15) is 5.54 Å². The first-order valence-corrected chi connectivity index (χ1v) is 6.42. The van der Waals surface area contributed by atoms with Crippen LogP contribution in [0.25, 0.3) is 0 Å². The summed E-state index contributed by atoms with van der Waals surface area (Å²) in [6.45, 7) is 4.21. The summed E-state index contributed by atoms with van der Waals surface area (Å²) in [5, 5.41) is 12.3. The standard InChI is InChI=1S/C12H17BrN2O2/c1-3-12(4-2,11(16)17)15-8-10-6-5-9(13)7-14-10/h5-7,15H,3-4,8H2,1-2H3,(H,16,17). The number of carboxylic acids is 1. The van der Waals surface area contributed by atoms with Gasteiger partial charge in [-0.25, -0.2) is 0 Å². The molecular formula is C12H17BrN2O2. The number of rotatable bonds is 6. The van der Waals surface area contributed by atoms with E-state index < -0.39 is 11.5 Å². The molecule has 0 radical (unpaired) electrons. The van der Waals surface area contributed by atoms with Gasteiger partial charge in [0.2, 0.25) is 0 Å². The van der Waals surface area contributed by atoms with E-state index in [4.69, 9.17) is 0 Å². The van der Waals surface area contributed by atoms with Crippen molar-refractivity contribution in [3.63, 3.8) is 0 Å². The second-order valence-electron chi connectivity index (χ2n) is 3.92. The van der Waals surface area contributed by atoms with E-state index in [0.717, 1.165) is 10.2 Å². The van der Waals surface area contributed by atoms with Crippen LogP contribution in [0.3, 0.4) is 0 Å². The van der Waals surface area contributed by atoms with Crippen molar-refractivity contribution >= 4 is 21.9 Å². The molecule has 0 fully saturated rings. The number of aliphatic carboxylic acids is 1. The van der Waals surface area contributed by atoms with Crippen LogP contribution in [-0.4, -0.2) is 21.6 Å². The molecule has 2 N–H and O–H groups in total. The number of carbonyl (C=O) groups is 1. The highest BCUT2D eigenvalue weighted by atomic mass is 79.9. The molecule has 0 aliphatic heterocycles. The molecule has 94 valence electrons. The van der Waals surface area contributed by atoms with Gasteiger partial charge >= 0.3 is 5.97 Å². The van der Waals surface area contributed by atoms with Crippen molar-refractivity contribution in [3.8, 4) is 0 Å². The Morgan fingerprint density at radius 2 is 2.12 bits per heavy atom. The molecule has 1 aromatic rings. The summed E-state index contributed by atoms with van der Waals surface area (Å²) >= 11 is 3.31. The normalized spacial score (nSPS) is 11.5. The number of nitrogens with zero attached hydrogens (tertiary/aromatic N) is 1. The second kappa shape index (κ2) is 6.12. The van der Waals surface area contributed by atoms with Crippen LogP contribution in [0.4, 0.5) is 0 Å². The molecule has 0 aromatic carbocycles. The van der Waals surface area contributed by atoms with Crippen molar-refractivity contribution < 1.29 is 9.90 Å². The topological polar surface area (TPSA) is 62.2 Å². The Hall–Kier alpha value is -0.940. The Kier molecular flexibility index (Phi) is 5.08. The minimum absolute atomic E-state index is 0.460. The quantitative estimate of drug-likeness (QED) is 0.848. The van der Waals surface area contributed by atoms with Gasteiger partial charge in [-0.05, 0) is 40.9 Å². The monoisotopic (exact) mass is 300 g/mol. The molecule has 1 rings (SSSR count). The van der Waals surface area contributed by atoms with Gasteiger partial charge < -0.3 is 5.11 Å². The van der Waals surface area contributed by atoms with Crippen LogP contribution in [0, 0.1) is 0 Å². The van der Waals surface area contributed by atoms with E-state index in [0.29, 0.717) is 19.4 Å². The molecule has 5 heteroatoms. The molecule has 0 aliphatic carbocycles. The van der Waals surface area contributed by atoms with Gasteiger partial charge in [0.05, 0.1) is 5.69 Å². The summed E-state index contributed by atoms with van der Waals surface area (Å²) < 4.78 is 0.914. The number of carboxylic acid groups (broad SMARTS) is 1. The van der Waals surface area contributed by atoms with Crippen LogP contribution in [0.1, 0.15) is 32.4 Å². The highest BCUT2D eigenvalue weighted by molar-refractivity contribution is 9.10. The number of nitrogens with one attached hydrogen (secondary N) is 1. The van der Waals surface area contributed by atoms with Gasteiger partial charge in [-0.3, -0.25) is 15.1 Å². The third kappa shape index (κ3) is 3.51. The Morgan fingerprint density at radius 1 is 1.47 bits per heavy atom. The fraction of sp³-hybridized carbons (Fsp3) is 0.500. The maximum atomic E-state index is 11.3. The fourth-order valence-corrected chi connectivity index (χ4v) is 1.88. The highest BCUT2D eigenvalue weighted by Gasteiger charge is 2.33. The van der Waals surface area contributed by atoms with Gasteiger partial charge in [0.15, 0.2) is 0 Å². The van der Waals surface area contributed by atoms with Crippen LogP contribution in [0.2, 0.25) is 0 Å². The second-order valence-corrected chi connectivity index (χ2v) is 4.83. The molecule has 0 aliphatic rings. The van der Waals surface area contributed by atoms with Crippen molar-refractivity contribution in [3.05, 3.63) is 28.5 Å². The molecule has 0 atom stereocenters. The van der Waals surface area contributed by atoms with Crippen molar-refractivity contribution in [1.29, 1.82) is 0 Å². The van der Waals surface area contributed by atoms with Gasteiger partial charge in [-0.1, -0.05) is 13.8 Å². The first-order valence-electron chi connectivity index (χ1n) is 5.63.